The van der Waals surface area contributed by atoms with Crippen LogP contribution in [-0.2, 0) is 25.7 Å². The number of hydrogen-bond donors (Lipinski definition) is 4. The van der Waals surface area contributed by atoms with Crippen LogP contribution in [0.15, 0.2) is 102 Å². The predicted octanol–water partition coefficient (Wildman–Crippen LogP) is 6.85. The SMILES string of the molecule is COc1ccccc1SC[C@H]1C[C@@H](c2ccc(CO)cc2)O[C@@H](c2ccc(NC(=O)CCCC(=O)Nc3ccccc3N)cc2)O1. The molecule has 1 fully saturated rings. The Labute approximate surface area is 273 Å². The fraction of sp³-hybridized carbons (Fsp3) is 0.278. The zero-order chi connectivity index (χ0) is 32.3. The minimum absolute atomic E-state index is 0.0161. The number of thioether (sulfide) groups is 1. The van der Waals surface area contributed by atoms with Gasteiger partial charge in [-0.05, 0) is 53.9 Å². The molecule has 3 atom stereocenters. The molecule has 240 valence electrons. The Balaban J connectivity index is 1.18. The van der Waals surface area contributed by atoms with Crippen LogP contribution < -0.4 is 21.1 Å². The molecule has 0 radical (unpaired) electrons. The molecule has 4 aromatic carbocycles. The summed E-state index contributed by atoms with van der Waals surface area (Å²) in [4.78, 5) is 25.9. The molecule has 4 aromatic rings. The quantitative estimate of drug-likeness (QED) is 0.0920. The van der Waals surface area contributed by atoms with E-state index in [0.29, 0.717) is 35.7 Å². The highest BCUT2D eigenvalue weighted by atomic mass is 32.2. The fourth-order valence-corrected chi connectivity index (χ4v) is 6.17. The van der Waals surface area contributed by atoms with Gasteiger partial charge in [-0.3, -0.25) is 9.59 Å². The van der Waals surface area contributed by atoms with Crippen molar-refractivity contribution in [1.82, 2.24) is 0 Å². The summed E-state index contributed by atoms with van der Waals surface area (Å²) in [5, 5.41) is 15.2. The normalized spacial score (nSPS) is 17.7. The first kappa shape index (κ1) is 33.0. The van der Waals surface area contributed by atoms with Crippen LogP contribution in [0.3, 0.4) is 0 Å². The third-order valence-electron chi connectivity index (χ3n) is 7.62. The van der Waals surface area contributed by atoms with Crippen LogP contribution in [0.5, 0.6) is 5.75 Å². The standard InChI is InChI=1S/C36H39N3O6S/c1-43-31-9-4-5-10-33(31)46-23-28-21-32(25-15-13-24(22-40)14-16-25)45-36(44-28)26-17-19-27(20-18-26)38-34(41)11-6-12-35(42)39-30-8-3-2-7-29(30)37/h2-5,7-10,13-20,28,32,36,40H,6,11-12,21-23,37H2,1H3,(H,38,41)(H,39,42)/t28-,32+,36+/m1/s1. The summed E-state index contributed by atoms with van der Waals surface area (Å²) in [7, 11) is 1.67. The maximum absolute atomic E-state index is 12.6. The molecule has 2 amide bonds. The van der Waals surface area contributed by atoms with Crippen molar-refractivity contribution in [3.05, 3.63) is 114 Å². The predicted molar refractivity (Wildman–Crippen MR) is 181 cm³/mol. The summed E-state index contributed by atoms with van der Waals surface area (Å²) in [5.74, 6) is 1.16. The maximum atomic E-state index is 12.6. The number of aliphatic hydroxyl groups excluding tert-OH is 1. The van der Waals surface area contributed by atoms with Gasteiger partial charge >= 0.3 is 0 Å². The Morgan fingerprint density at radius 1 is 0.870 bits per heavy atom. The van der Waals surface area contributed by atoms with E-state index in [1.165, 1.54) is 0 Å². The van der Waals surface area contributed by atoms with Gasteiger partial charge < -0.3 is 35.7 Å². The molecule has 0 unspecified atom stereocenters. The lowest BCUT2D eigenvalue weighted by molar-refractivity contribution is -0.245. The third kappa shape index (κ3) is 9.11. The van der Waals surface area contributed by atoms with Crippen molar-refractivity contribution in [2.75, 3.05) is 29.2 Å². The van der Waals surface area contributed by atoms with Crippen molar-refractivity contribution in [3.63, 3.8) is 0 Å². The number of carbonyl (C=O) groups excluding carboxylic acids is 2. The number of nitrogens with two attached hydrogens (primary N) is 1. The van der Waals surface area contributed by atoms with Gasteiger partial charge in [0.05, 0.1) is 37.3 Å². The molecule has 1 aliphatic rings. The summed E-state index contributed by atoms with van der Waals surface area (Å²) in [5.41, 5.74) is 10.3. The number of methoxy groups -OCH3 is 1. The van der Waals surface area contributed by atoms with Crippen LogP contribution in [0.25, 0.3) is 0 Å². The number of amides is 2. The highest BCUT2D eigenvalue weighted by molar-refractivity contribution is 7.99. The van der Waals surface area contributed by atoms with E-state index in [2.05, 4.69) is 10.6 Å². The minimum atomic E-state index is -0.610. The number of nitrogen functional groups attached to an aromatic ring is 1. The van der Waals surface area contributed by atoms with Crippen molar-refractivity contribution in [2.45, 2.75) is 55.7 Å². The average Bonchev–Trinajstić information content (AvgIpc) is 3.08. The topological polar surface area (TPSA) is 132 Å². The van der Waals surface area contributed by atoms with Crippen LogP contribution in [0.2, 0.25) is 0 Å². The van der Waals surface area contributed by atoms with E-state index in [-0.39, 0.29) is 43.5 Å². The molecular formula is C36H39N3O6S. The number of benzene rings is 4. The highest BCUT2D eigenvalue weighted by Gasteiger charge is 2.32. The van der Waals surface area contributed by atoms with Gasteiger partial charge in [-0.25, -0.2) is 0 Å². The lowest BCUT2D eigenvalue weighted by Gasteiger charge is -2.36. The first-order valence-corrected chi connectivity index (χ1v) is 16.2. The summed E-state index contributed by atoms with van der Waals surface area (Å²) < 4.78 is 18.4. The Morgan fingerprint density at radius 3 is 2.26 bits per heavy atom. The number of anilines is 3. The summed E-state index contributed by atoms with van der Waals surface area (Å²) in [6, 6.07) is 30.2. The van der Waals surface area contributed by atoms with Gasteiger partial charge in [0.25, 0.3) is 0 Å². The number of ether oxygens (including phenoxy) is 3. The van der Waals surface area contributed by atoms with Crippen LogP contribution in [0.1, 0.15) is 54.8 Å². The zero-order valence-electron chi connectivity index (χ0n) is 25.7. The van der Waals surface area contributed by atoms with E-state index in [1.807, 2.05) is 72.8 Å². The number of aliphatic hydroxyl groups is 1. The van der Waals surface area contributed by atoms with Crippen LogP contribution in [-0.4, -0.2) is 35.9 Å². The Morgan fingerprint density at radius 2 is 1.54 bits per heavy atom. The zero-order valence-corrected chi connectivity index (χ0v) is 26.5. The molecule has 46 heavy (non-hydrogen) atoms. The molecule has 1 saturated heterocycles. The smallest absolute Gasteiger partial charge is 0.224 e. The molecule has 1 heterocycles. The van der Waals surface area contributed by atoms with Gasteiger partial charge in [-0.15, -0.1) is 11.8 Å². The first-order valence-electron chi connectivity index (χ1n) is 15.2. The fourth-order valence-electron chi connectivity index (χ4n) is 5.12. The summed E-state index contributed by atoms with van der Waals surface area (Å²) in [6.45, 7) is -0.0161. The molecule has 5 N–H and O–H groups in total. The molecule has 0 saturated carbocycles. The number of nitrogens with one attached hydrogen (secondary N) is 2. The second-order valence-electron chi connectivity index (χ2n) is 11.0. The van der Waals surface area contributed by atoms with Crippen molar-refractivity contribution in [3.8, 4) is 5.75 Å². The second-order valence-corrected chi connectivity index (χ2v) is 12.0. The van der Waals surface area contributed by atoms with E-state index in [1.54, 1.807) is 43.1 Å². The second kappa shape index (κ2) is 16.3. The molecule has 10 heteroatoms. The molecule has 0 aromatic heterocycles. The van der Waals surface area contributed by atoms with E-state index in [0.717, 1.165) is 27.3 Å². The lowest BCUT2D eigenvalue weighted by Crippen LogP contribution is -2.31. The van der Waals surface area contributed by atoms with Crippen molar-refractivity contribution >= 4 is 40.6 Å². The van der Waals surface area contributed by atoms with Gasteiger partial charge in [0.15, 0.2) is 6.29 Å². The molecule has 0 spiro atoms. The molecular weight excluding hydrogens is 602 g/mol. The third-order valence-corrected chi connectivity index (χ3v) is 8.80. The van der Waals surface area contributed by atoms with Crippen molar-refractivity contribution in [1.29, 1.82) is 0 Å². The molecule has 1 aliphatic heterocycles. The van der Waals surface area contributed by atoms with Gasteiger partial charge in [-0.1, -0.05) is 60.7 Å². The number of hydrogen-bond acceptors (Lipinski definition) is 8. The molecule has 0 bridgehead atoms. The van der Waals surface area contributed by atoms with Crippen molar-refractivity contribution < 1.29 is 28.9 Å². The first-order chi connectivity index (χ1) is 22.4. The Kier molecular flexibility index (Phi) is 11.7. The summed E-state index contributed by atoms with van der Waals surface area (Å²) in [6.07, 6.45) is 0.564. The summed E-state index contributed by atoms with van der Waals surface area (Å²) >= 11 is 1.68. The number of rotatable bonds is 13. The average molecular weight is 642 g/mol. The minimum Gasteiger partial charge on any atom is -0.496 e. The highest BCUT2D eigenvalue weighted by Crippen LogP contribution is 2.40. The van der Waals surface area contributed by atoms with E-state index >= 15 is 0 Å². The van der Waals surface area contributed by atoms with Gasteiger partial charge in [0.2, 0.25) is 11.8 Å². The maximum Gasteiger partial charge on any atom is 0.224 e. The van der Waals surface area contributed by atoms with Crippen molar-refractivity contribution in [2.24, 2.45) is 0 Å². The van der Waals surface area contributed by atoms with Gasteiger partial charge in [0.1, 0.15) is 5.75 Å². The lowest BCUT2D eigenvalue weighted by atomic mass is 10.0. The van der Waals surface area contributed by atoms with E-state index < -0.39 is 6.29 Å². The van der Waals surface area contributed by atoms with Gasteiger partial charge in [-0.2, -0.15) is 0 Å². The number of para-hydroxylation sites is 3. The monoisotopic (exact) mass is 641 g/mol. The number of carbonyl (C=O) groups is 2. The Bertz CT molecular complexity index is 1600. The van der Waals surface area contributed by atoms with Crippen LogP contribution in [0.4, 0.5) is 17.1 Å². The van der Waals surface area contributed by atoms with Gasteiger partial charge in [0, 0.05) is 41.2 Å². The largest absolute Gasteiger partial charge is 0.496 e. The van der Waals surface area contributed by atoms with Crippen LogP contribution >= 0.6 is 11.8 Å². The van der Waals surface area contributed by atoms with Crippen LogP contribution in [0, 0.1) is 0 Å². The van der Waals surface area contributed by atoms with E-state index in [4.69, 9.17) is 19.9 Å². The molecule has 0 aliphatic carbocycles. The Hall–Kier alpha value is -4.35. The molecule has 5 rings (SSSR count). The van der Waals surface area contributed by atoms with E-state index in [9.17, 15) is 14.7 Å². The molecule has 9 nitrogen and oxygen atoms in total.